The zero-order valence-electron chi connectivity index (χ0n) is 13.4. The number of hydrogen-bond acceptors (Lipinski definition) is 4. The number of amides is 1. The highest BCUT2D eigenvalue weighted by Gasteiger charge is 2.42. The summed E-state index contributed by atoms with van der Waals surface area (Å²) < 4.78 is 5.03. The van der Waals surface area contributed by atoms with E-state index in [9.17, 15) is 9.59 Å². The molecule has 2 aliphatic rings. The maximum Gasteiger partial charge on any atom is 0.338 e. The first-order chi connectivity index (χ1) is 11.4. The van der Waals surface area contributed by atoms with Gasteiger partial charge in [0.15, 0.2) is 6.61 Å². The summed E-state index contributed by atoms with van der Waals surface area (Å²) in [4.78, 5) is 27.7. The maximum atomic E-state index is 12.0. The van der Waals surface area contributed by atoms with Crippen molar-refractivity contribution in [1.82, 2.24) is 10.3 Å². The monoisotopic (exact) mass is 370 g/mol. The molecule has 1 amide bonds. The number of fused-ring (bicyclic) bond motifs is 2. The number of nitrogens with zero attached hydrogens (tertiary/aromatic N) is 1. The van der Waals surface area contributed by atoms with Gasteiger partial charge in [-0.05, 0) is 56.1 Å². The van der Waals surface area contributed by atoms with Crippen LogP contribution in [0.5, 0.6) is 0 Å². The van der Waals surface area contributed by atoms with Crippen molar-refractivity contribution in [1.29, 1.82) is 0 Å². The lowest BCUT2D eigenvalue weighted by Crippen LogP contribution is -2.42. The second kappa shape index (κ2) is 7.28. The van der Waals surface area contributed by atoms with Crippen molar-refractivity contribution in [2.45, 2.75) is 38.6 Å². The summed E-state index contributed by atoms with van der Waals surface area (Å²) in [6.07, 6.45) is 5.09. The van der Waals surface area contributed by atoms with Crippen LogP contribution in [0.4, 0.5) is 0 Å². The van der Waals surface area contributed by atoms with Gasteiger partial charge in [0.25, 0.3) is 5.91 Å². The van der Waals surface area contributed by atoms with Crippen LogP contribution in [0.3, 0.4) is 0 Å². The van der Waals surface area contributed by atoms with Crippen LogP contribution in [0.25, 0.3) is 0 Å². The summed E-state index contributed by atoms with van der Waals surface area (Å²) in [5.74, 6) is 1.17. The van der Waals surface area contributed by atoms with Gasteiger partial charge in [-0.2, -0.15) is 0 Å². The maximum absolute atomic E-state index is 12.0. The first-order valence-corrected chi connectivity index (χ1v) is 8.97. The van der Waals surface area contributed by atoms with Gasteiger partial charge in [0.2, 0.25) is 0 Å². The molecule has 1 heterocycles. The van der Waals surface area contributed by atoms with Crippen LogP contribution in [-0.2, 0) is 9.53 Å². The lowest BCUT2D eigenvalue weighted by molar-refractivity contribution is -0.125. The van der Waals surface area contributed by atoms with Gasteiger partial charge >= 0.3 is 5.97 Å². The Morgan fingerprint density at radius 3 is 2.58 bits per heavy atom. The standard InChI is InChI=1S/C17H20Cl2N2O3/c1-9(13-5-10-2-3-11(13)4-10)20-16(22)8-24-17(23)12-6-14(18)21-15(19)7-12/h6-7,9-11,13H,2-5,8H2,1H3,(H,20,22)/t9-,10-,11-,13-/m0/s1. The number of aromatic nitrogens is 1. The van der Waals surface area contributed by atoms with Crippen molar-refractivity contribution in [3.63, 3.8) is 0 Å². The molecular formula is C17H20Cl2N2O3. The quantitative estimate of drug-likeness (QED) is 0.636. The molecule has 0 unspecified atom stereocenters. The third-order valence-electron chi connectivity index (χ3n) is 5.16. The average Bonchev–Trinajstić information content (AvgIpc) is 3.14. The van der Waals surface area contributed by atoms with Gasteiger partial charge in [0.1, 0.15) is 10.3 Å². The van der Waals surface area contributed by atoms with Crippen LogP contribution in [-0.4, -0.2) is 29.5 Å². The molecule has 1 aromatic rings. The molecule has 0 spiro atoms. The zero-order valence-corrected chi connectivity index (χ0v) is 14.9. The summed E-state index contributed by atoms with van der Waals surface area (Å²) in [6.45, 7) is 1.72. The van der Waals surface area contributed by atoms with Gasteiger partial charge in [0.05, 0.1) is 5.56 Å². The molecular weight excluding hydrogens is 351 g/mol. The van der Waals surface area contributed by atoms with Gasteiger partial charge in [-0.15, -0.1) is 0 Å². The third-order valence-corrected chi connectivity index (χ3v) is 5.54. The second-order valence-electron chi connectivity index (χ2n) is 6.77. The number of rotatable bonds is 5. The van der Waals surface area contributed by atoms with Crippen molar-refractivity contribution in [3.05, 3.63) is 28.0 Å². The van der Waals surface area contributed by atoms with E-state index in [0.29, 0.717) is 5.92 Å². The molecule has 0 aromatic carbocycles. The molecule has 0 radical (unpaired) electrons. The third kappa shape index (κ3) is 4.01. The number of hydrogen-bond donors (Lipinski definition) is 1. The molecule has 2 saturated carbocycles. The van der Waals surface area contributed by atoms with Crippen molar-refractivity contribution in [2.75, 3.05) is 6.61 Å². The summed E-state index contributed by atoms with van der Waals surface area (Å²) >= 11 is 11.5. The topological polar surface area (TPSA) is 68.3 Å². The van der Waals surface area contributed by atoms with E-state index in [-0.39, 0.29) is 34.4 Å². The highest BCUT2D eigenvalue weighted by molar-refractivity contribution is 6.32. The Bertz CT molecular complexity index is 632. The van der Waals surface area contributed by atoms with Gasteiger partial charge in [-0.3, -0.25) is 4.79 Å². The molecule has 1 aromatic heterocycles. The Labute approximate surface area is 151 Å². The molecule has 0 aliphatic heterocycles. The van der Waals surface area contributed by atoms with Crippen LogP contribution < -0.4 is 5.32 Å². The molecule has 7 heteroatoms. The first-order valence-electron chi connectivity index (χ1n) is 8.22. The van der Waals surface area contributed by atoms with Crippen LogP contribution in [0.1, 0.15) is 43.0 Å². The molecule has 2 aliphatic carbocycles. The normalized spacial score (nSPS) is 26.2. The first kappa shape index (κ1) is 17.5. The fraction of sp³-hybridized carbons (Fsp3) is 0.588. The molecule has 4 atom stereocenters. The number of ether oxygens (including phenoxy) is 1. The summed E-state index contributed by atoms with van der Waals surface area (Å²) in [5, 5.41) is 3.16. The van der Waals surface area contributed by atoms with Crippen molar-refractivity contribution in [3.8, 4) is 0 Å². The van der Waals surface area contributed by atoms with Crippen LogP contribution >= 0.6 is 23.2 Å². The second-order valence-corrected chi connectivity index (χ2v) is 7.55. The Morgan fingerprint density at radius 2 is 2.00 bits per heavy atom. The van der Waals surface area contributed by atoms with Crippen molar-refractivity contribution >= 4 is 35.1 Å². The molecule has 1 N–H and O–H groups in total. The minimum absolute atomic E-state index is 0.101. The Hall–Kier alpha value is -1.33. The molecule has 3 rings (SSSR count). The smallest absolute Gasteiger partial charge is 0.338 e. The van der Waals surface area contributed by atoms with E-state index in [0.717, 1.165) is 11.8 Å². The SMILES string of the molecule is C[C@H](NC(=O)COC(=O)c1cc(Cl)nc(Cl)c1)[C@@H]1C[C@H]2CC[C@H]1C2. The largest absolute Gasteiger partial charge is 0.452 e. The van der Waals surface area contributed by atoms with E-state index in [1.165, 1.54) is 37.8 Å². The average molecular weight is 371 g/mol. The molecule has 24 heavy (non-hydrogen) atoms. The predicted molar refractivity (Wildman–Crippen MR) is 91.1 cm³/mol. The summed E-state index contributed by atoms with van der Waals surface area (Å²) in [7, 11) is 0. The Kier molecular flexibility index (Phi) is 5.30. The highest BCUT2D eigenvalue weighted by atomic mass is 35.5. The molecule has 2 fully saturated rings. The van der Waals surface area contributed by atoms with E-state index in [1.54, 1.807) is 0 Å². The lowest BCUT2D eigenvalue weighted by atomic mass is 9.84. The van der Waals surface area contributed by atoms with E-state index in [2.05, 4.69) is 10.3 Å². The number of pyridine rings is 1. The fourth-order valence-electron chi connectivity index (χ4n) is 4.11. The number of carbonyl (C=O) groups excluding carboxylic acids is 2. The van der Waals surface area contributed by atoms with Crippen LogP contribution in [0, 0.1) is 17.8 Å². The minimum Gasteiger partial charge on any atom is -0.452 e. The molecule has 2 bridgehead atoms. The highest BCUT2D eigenvalue weighted by Crippen LogP contribution is 2.49. The van der Waals surface area contributed by atoms with Crippen LogP contribution in [0.15, 0.2) is 12.1 Å². The van der Waals surface area contributed by atoms with E-state index in [4.69, 9.17) is 27.9 Å². The van der Waals surface area contributed by atoms with Gasteiger partial charge < -0.3 is 10.1 Å². The van der Waals surface area contributed by atoms with Gasteiger partial charge in [0, 0.05) is 6.04 Å². The summed E-state index contributed by atoms with van der Waals surface area (Å²) in [6, 6.07) is 2.81. The number of carbonyl (C=O) groups is 2. The Morgan fingerprint density at radius 1 is 1.29 bits per heavy atom. The number of nitrogens with one attached hydrogen (secondary N) is 1. The Balaban J connectivity index is 1.47. The summed E-state index contributed by atoms with van der Waals surface area (Å²) in [5.41, 5.74) is 0.175. The van der Waals surface area contributed by atoms with Gasteiger partial charge in [-0.1, -0.05) is 29.6 Å². The minimum atomic E-state index is -0.649. The van der Waals surface area contributed by atoms with Gasteiger partial charge in [-0.25, -0.2) is 9.78 Å². The van der Waals surface area contributed by atoms with E-state index in [1.807, 2.05) is 6.92 Å². The van der Waals surface area contributed by atoms with Crippen LogP contribution in [0.2, 0.25) is 10.3 Å². The molecule has 0 saturated heterocycles. The van der Waals surface area contributed by atoms with Crippen molar-refractivity contribution in [2.24, 2.45) is 17.8 Å². The molecule has 5 nitrogen and oxygen atoms in total. The lowest BCUT2D eigenvalue weighted by Gasteiger charge is -2.28. The van der Waals surface area contributed by atoms with Crippen molar-refractivity contribution < 1.29 is 14.3 Å². The number of halogens is 2. The van der Waals surface area contributed by atoms with E-state index < -0.39 is 5.97 Å². The predicted octanol–water partition coefficient (Wildman–Crippen LogP) is 3.49. The van der Waals surface area contributed by atoms with E-state index >= 15 is 0 Å². The zero-order chi connectivity index (χ0) is 17.3. The fourth-order valence-corrected chi connectivity index (χ4v) is 4.57. The number of esters is 1. The molecule has 130 valence electrons.